The van der Waals surface area contributed by atoms with Gasteiger partial charge in [0, 0.05) is 12.1 Å². The van der Waals surface area contributed by atoms with Gasteiger partial charge in [-0.2, -0.15) is 5.26 Å². The predicted molar refractivity (Wildman–Crippen MR) is 109 cm³/mol. The van der Waals surface area contributed by atoms with Crippen LogP contribution >= 0.6 is 0 Å². The number of benzene rings is 3. The molecule has 3 aromatic carbocycles. The predicted octanol–water partition coefficient (Wildman–Crippen LogP) is 5.55. The standard InChI is InChI=1S/C23H18N2O3/c1-17-4-2-6-19(12-17)16-28-23-7-3-5-18(14-23)13-21(15-24)20-8-10-22(11-9-20)25(26)27/h2-14H,16H2,1H3. The summed E-state index contributed by atoms with van der Waals surface area (Å²) in [5.74, 6) is 0.705. The molecule has 0 unspecified atom stereocenters. The van der Waals surface area contributed by atoms with Gasteiger partial charge in [-0.25, -0.2) is 0 Å². The first-order chi connectivity index (χ1) is 13.5. The van der Waals surface area contributed by atoms with Crippen LogP contribution in [0, 0.1) is 28.4 Å². The fraction of sp³-hybridized carbons (Fsp3) is 0.0870. The summed E-state index contributed by atoms with van der Waals surface area (Å²) in [6, 6.07) is 23.7. The Morgan fingerprint density at radius 3 is 2.54 bits per heavy atom. The summed E-state index contributed by atoms with van der Waals surface area (Å²) in [4.78, 5) is 10.3. The Bertz CT molecular complexity index is 1060. The van der Waals surface area contributed by atoms with Crippen molar-refractivity contribution in [1.82, 2.24) is 0 Å². The van der Waals surface area contributed by atoms with Crippen molar-refractivity contribution in [3.63, 3.8) is 0 Å². The van der Waals surface area contributed by atoms with E-state index in [4.69, 9.17) is 4.74 Å². The molecule has 0 N–H and O–H groups in total. The first kappa shape index (κ1) is 18.9. The van der Waals surface area contributed by atoms with E-state index in [0.29, 0.717) is 23.5 Å². The third-order valence-electron chi connectivity index (χ3n) is 4.17. The zero-order valence-electron chi connectivity index (χ0n) is 15.3. The van der Waals surface area contributed by atoms with E-state index in [2.05, 4.69) is 12.1 Å². The molecule has 0 spiro atoms. The quantitative estimate of drug-likeness (QED) is 0.247. The van der Waals surface area contributed by atoms with Crippen LogP contribution in [0.4, 0.5) is 5.69 Å². The molecule has 0 amide bonds. The van der Waals surface area contributed by atoms with Crippen LogP contribution in [0.3, 0.4) is 0 Å². The molecule has 0 aromatic heterocycles. The highest BCUT2D eigenvalue weighted by Crippen LogP contribution is 2.23. The highest BCUT2D eigenvalue weighted by molar-refractivity contribution is 5.89. The van der Waals surface area contributed by atoms with E-state index in [-0.39, 0.29) is 5.69 Å². The summed E-state index contributed by atoms with van der Waals surface area (Å²) in [7, 11) is 0. The van der Waals surface area contributed by atoms with Gasteiger partial charge in [0.05, 0.1) is 16.6 Å². The van der Waals surface area contributed by atoms with E-state index in [1.165, 1.54) is 17.7 Å². The number of hydrogen-bond donors (Lipinski definition) is 0. The number of allylic oxidation sites excluding steroid dienone is 1. The van der Waals surface area contributed by atoms with Crippen LogP contribution in [-0.2, 0) is 6.61 Å². The molecule has 0 heterocycles. The zero-order chi connectivity index (χ0) is 19.9. The number of nitro groups is 1. The number of hydrogen-bond acceptors (Lipinski definition) is 4. The molecule has 5 heteroatoms. The second kappa shape index (κ2) is 8.65. The van der Waals surface area contributed by atoms with Crippen molar-refractivity contribution in [2.75, 3.05) is 0 Å². The van der Waals surface area contributed by atoms with Crippen molar-refractivity contribution in [2.45, 2.75) is 13.5 Å². The van der Waals surface area contributed by atoms with Crippen molar-refractivity contribution >= 4 is 17.3 Å². The second-order valence-corrected chi connectivity index (χ2v) is 6.32. The Labute approximate surface area is 163 Å². The first-order valence-corrected chi connectivity index (χ1v) is 8.70. The lowest BCUT2D eigenvalue weighted by Gasteiger charge is -2.08. The minimum atomic E-state index is -0.464. The molecule has 0 atom stereocenters. The van der Waals surface area contributed by atoms with Gasteiger partial charge in [-0.1, -0.05) is 42.0 Å². The fourth-order valence-electron chi connectivity index (χ4n) is 2.77. The molecule has 0 saturated heterocycles. The summed E-state index contributed by atoms with van der Waals surface area (Å²) >= 11 is 0. The summed E-state index contributed by atoms with van der Waals surface area (Å²) in [5, 5.41) is 20.3. The van der Waals surface area contributed by atoms with Gasteiger partial charge in [-0.05, 0) is 54.0 Å². The number of ether oxygens (including phenoxy) is 1. The Kier molecular flexibility index (Phi) is 5.83. The summed E-state index contributed by atoms with van der Waals surface area (Å²) < 4.78 is 5.86. The number of rotatable bonds is 6. The van der Waals surface area contributed by atoms with Gasteiger partial charge in [0.15, 0.2) is 0 Å². The molecule has 0 bridgehead atoms. The molecule has 28 heavy (non-hydrogen) atoms. The lowest BCUT2D eigenvalue weighted by molar-refractivity contribution is -0.384. The van der Waals surface area contributed by atoms with Crippen LogP contribution in [0.5, 0.6) is 5.75 Å². The maximum absolute atomic E-state index is 10.8. The minimum absolute atomic E-state index is 0.00686. The van der Waals surface area contributed by atoms with Crippen LogP contribution in [0.2, 0.25) is 0 Å². The first-order valence-electron chi connectivity index (χ1n) is 8.70. The number of aryl methyl sites for hydroxylation is 1. The molecule has 0 saturated carbocycles. The van der Waals surface area contributed by atoms with E-state index in [9.17, 15) is 15.4 Å². The molecule has 5 nitrogen and oxygen atoms in total. The van der Waals surface area contributed by atoms with E-state index >= 15 is 0 Å². The smallest absolute Gasteiger partial charge is 0.269 e. The fourth-order valence-corrected chi connectivity index (χ4v) is 2.77. The topological polar surface area (TPSA) is 76.2 Å². The Balaban J connectivity index is 1.78. The van der Waals surface area contributed by atoms with Crippen molar-refractivity contribution in [2.24, 2.45) is 0 Å². The van der Waals surface area contributed by atoms with Crippen LogP contribution in [0.25, 0.3) is 11.6 Å². The van der Waals surface area contributed by atoms with E-state index in [1.807, 2.05) is 49.4 Å². The maximum Gasteiger partial charge on any atom is 0.269 e. The highest BCUT2D eigenvalue weighted by atomic mass is 16.6. The molecular formula is C23H18N2O3. The Morgan fingerprint density at radius 2 is 1.86 bits per heavy atom. The number of nitriles is 1. The molecule has 3 rings (SSSR count). The van der Waals surface area contributed by atoms with Crippen LogP contribution < -0.4 is 4.74 Å². The van der Waals surface area contributed by atoms with Gasteiger partial charge in [-0.15, -0.1) is 0 Å². The summed E-state index contributed by atoms with van der Waals surface area (Å²) in [6.45, 7) is 2.50. The SMILES string of the molecule is Cc1cccc(COc2cccc(C=C(C#N)c3ccc([N+](=O)[O-])cc3)c2)c1. The van der Waals surface area contributed by atoms with Crippen LogP contribution in [0.15, 0.2) is 72.8 Å². The number of nitro benzene ring substituents is 1. The molecular weight excluding hydrogens is 352 g/mol. The van der Waals surface area contributed by atoms with Crippen LogP contribution in [0.1, 0.15) is 22.3 Å². The average molecular weight is 370 g/mol. The normalized spacial score (nSPS) is 10.9. The molecule has 0 aliphatic heterocycles. The van der Waals surface area contributed by atoms with Crippen molar-refractivity contribution in [3.05, 3.63) is 105 Å². The molecule has 0 aliphatic carbocycles. The lowest BCUT2D eigenvalue weighted by atomic mass is 10.0. The molecule has 0 radical (unpaired) electrons. The summed E-state index contributed by atoms with van der Waals surface area (Å²) in [5.41, 5.74) is 4.12. The number of non-ortho nitro benzene ring substituents is 1. The van der Waals surface area contributed by atoms with Crippen molar-refractivity contribution in [3.8, 4) is 11.8 Å². The second-order valence-electron chi connectivity index (χ2n) is 6.32. The van der Waals surface area contributed by atoms with Crippen LogP contribution in [-0.4, -0.2) is 4.92 Å². The third kappa shape index (κ3) is 4.83. The third-order valence-corrected chi connectivity index (χ3v) is 4.17. The van der Waals surface area contributed by atoms with E-state index in [0.717, 1.165) is 11.1 Å². The molecule has 138 valence electrons. The molecule has 0 fully saturated rings. The highest BCUT2D eigenvalue weighted by Gasteiger charge is 2.07. The maximum atomic E-state index is 10.8. The van der Waals surface area contributed by atoms with Gasteiger partial charge >= 0.3 is 0 Å². The minimum Gasteiger partial charge on any atom is -0.489 e. The Hall–Kier alpha value is -3.91. The Morgan fingerprint density at radius 1 is 1.11 bits per heavy atom. The van der Waals surface area contributed by atoms with E-state index in [1.54, 1.807) is 18.2 Å². The monoisotopic (exact) mass is 370 g/mol. The molecule has 0 aliphatic rings. The van der Waals surface area contributed by atoms with Crippen molar-refractivity contribution in [1.29, 1.82) is 5.26 Å². The van der Waals surface area contributed by atoms with Gasteiger partial charge in [0.2, 0.25) is 0 Å². The zero-order valence-corrected chi connectivity index (χ0v) is 15.3. The molecule has 3 aromatic rings. The summed E-state index contributed by atoms with van der Waals surface area (Å²) in [6.07, 6.45) is 1.74. The largest absolute Gasteiger partial charge is 0.489 e. The number of nitrogens with zero attached hydrogens (tertiary/aromatic N) is 2. The van der Waals surface area contributed by atoms with Crippen molar-refractivity contribution < 1.29 is 9.66 Å². The van der Waals surface area contributed by atoms with Gasteiger partial charge < -0.3 is 4.74 Å². The van der Waals surface area contributed by atoms with Gasteiger partial charge in [0.1, 0.15) is 12.4 Å². The van der Waals surface area contributed by atoms with Gasteiger partial charge in [-0.3, -0.25) is 10.1 Å². The lowest BCUT2D eigenvalue weighted by Crippen LogP contribution is -1.95. The average Bonchev–Trinajstić information content (AvgIpc) is 2.71. The van der Waals surface area contributed by atoms with Gasteiger partial charge in [0.25, 0.3) is 5.69 Å². The van der Waals surface area contributed by atoms with E-state index < -0.39 is 4.92 Å².